The number of nitrogens with zero attached hydrogens (tertiary/aromatic N) is 1. The fourth-order valence-corrected chi connectivity index (χ4v) is 4.31. The number of nitrogens with one attached hydrogen (secondary N) is 1. The smallest absolute Gasteiger partial charge is 0.264 e. The lowest BCUT2D eigenvalue weighted by atomic mass is 10.2. The van der Waals surface area contributed by atoms with Gasteiger partial charge in [-0.3, -0.25) is 9.10 Å². The van der Waals surface area contributed by atoms with Crippen LogP contribution in [0.5, 0.6) is 5.75 Å². The molecule has 1 N–H and O–H groups in total. The van der Waals surface area contributed by atoms with Crippen LogP contribution in [0.2, 0.25) is 0 Å². The highest BCUT2D eigenvalue weighted by molar-refractivity contribution is 7.92. The third kappa shape index (κ3) is 5.73. The van der Waals surface area contributed by atoms with Crippen LogP contribution in [-0.2, 0) is 14.8 Å². The molecule has 2 aromatic rings. The van der Waals surface area contributed by atoms with Crippen LogP contribution in [0.3, 0.4) is 0 Å². The lowest BCUT2D eigenvalue weighted by molar-refractivity contribution is -0.120. The van der Waals surface area contributed by atoms with Crippen molar-refractivity contribution in [1.29, 1.82) is 0 Å². The minimum atomic E-state index is -3.89. The van der Waals surface area contributed by atoms with Crippen LogP contribution < -0.4 is 14.4 Å². The molecule has 0 bridgehead atoms. The molecule has 1 amide bonds. The van der Waals surface area contributed by atoms with E-state index in [4.69, 9.17) is 4.74 Å². The van der Waals surface area contributed by atoms with Gasteiger partial charge < -0.3 is 10.1 Å². The van der Waals surface area contributed by atoms with Gasteiger partial charge in [0, 0.05) is 6.04 Å². The molecule has 2 rings (SSSR count). The molecule has 152 valence electrons. The zero-order valence-corrected chi connectivity index (χ0v) is 17.4. The molecule has 6 nitrogen and oxygen atoms in total. The van der Waals surface area contributed by atoms with E-state index in [1.807, 2.05) is 20.8 Å². The number of hydrogen-bond donors (Lipinski definition) is 1. The van der Waals surface area contributed by atoms with Crippen molar-refractivity contribution in [3.63, 3.8) is 0 Å². The first-order valence-electron chi connectivity index (χ1n) is 9.48. The van der Waals surface area contributed by atoms with Gasteiger partial charge in [-0.05, 0) is 56.7 Å². The topological polar surface area (TPSA) is 75.7 Å². The van der Waals surface area contributed by atoms with E-state index < -0.39 is 10.0 Å². The Balaban J connectivity index is 2.34. The number of anilines is 1. The summed E-state index contributed by atoms with van der Waals surface area (Å²) in [6.45, 7) is 6.05. The number of sulfonamides is 1. The molecule has 0 aromatic heterocycles. The van der Waals surface area contributed by atoms with Crippen LogP contribution in [0.1, 0.15) is 33.6 Å². The lowest BCUT2D eigenvalue weighted by Gasteiger charge is -2.25. The van der Waals surface area contributed by atoms with Gasteiger partial charge in [-0.25, -0.2) is 8.42 Å². The summed E-state index contributed by atoms with van der Waals surface area (Å²) >= 11 is 0. The largest absolute Gasteiger partial charge is 0.494 e. The monoisotopic (exact) mass is 404 g/mol. The number of hydrogen-bond acceptors (Lipinski definition) is 4. The molecule has 0 fully saturated rings. The molecule has 0 saturated carbocycles. The fourth-order valence-electron chi connectivity index (χ4n) is 2.87. The average Bonchev–Trinajstić information content (AvgIpc) is 2.68. The molecule has 0 spiro atoms. The second-order valence-corrected chi connectivity index (χ2v) is 8.37. The fraction of sp³-hybridized carbons (Fsp3) is 0.381. The minimum absolute atomic E-state index is 0.0147. The van der Waals surface area contributed by atoms with E-state index >= 15 is 0 Å². The lowest BCUT2D eigenvalue weighted by Crippen LogP contribution is -2.43. The highest BCUT2D eigenvalue weighted by atomic mass is 32.2. The maximum absolute atomic E-state index is 13.2. The summed E-state index contributed by atoms with van der Waals surface area (Å²) in [6.07, 6.45) is 1.77. The Morgan fingerprint density at radius 3 is 2.29 bits per heavy atom. The first-order valence-corrected chi connectivity index (χ1v) is 10.9. The van der Waals surface area contributed by atoms with Crippen molar-refractivity contribution in [3.8, 4) is 5.75 Å². The van der Waals surface area contributed by atoms with E-state index in [1.54, 1.807) is 42.5 Å². The molecule has 0 saturated heterocycles. The number of ether oxygens (including phenoxy) is 1. The molecule has 0 aliphatic heterocycles. The quantitative estimate of drug-likeness (QED) is 0.657. The summed E-state index contributed by atoms with van der Waals surface area (Å²) in [5, 5.41) is 2.87. The first kappa shape index (κ1) is 21.8. The zero-order valence-electron chi connectivity index (χ0n) is 16.6. The Morgan fingerprint density at radius 1 is 1.07 bits per heavy atom. The van der Waals surface area contributed by atoms with Crippen LogP contribution >= 0.6 is 0 Å². The Kier molecular flexibility index (Phi) is 7.87. The number of carbonyl (C=O) groups excluding carboxylic acids is 1. The Bertz CT molecular complexity index is 852. The van der Waals surface area contributed by atoms with E-state index in [9.17, 15) is 13.2 Å². The van der Waals surface area contributed by atoms with Crippen LogP contribution in [0.25, 0.3) is 0 Å². The number of amides is 1. The first-order chi connectivity index (χ1) is 13.4. The van der Waals surface area contributed by atoms with E-state index in [2.05, 4.69) is 5.32 Å². The predicted molar refractivity (Wildman–Crippen MR) is 111 cm³/mol. The van der Waals surface area contributed by atoms with Crippen molar-refractivity contribution in [2.24, 2.45) is 0 Å². The maximum atomic E-state index is 13.2. The van der Waals surface area contributed by atoms with Gasteiger partial charge >= 0.3 is 0 Å². The van der Waals surface area contributed by atoms with E-state index in [0.717, 1.165) is 17.1 Å². The molecule has 2 aromatic carbocycles. The summed E-state index contributed by atoms with van der Waals surface area (Å²) in [5.74, 6) is 0.304. The molecule has 0 heterocycles. The highest BCUT2D eigenvalue weighted by Gasteiger charge is 2.27. The van der Waals surface area contributed by atoms with Crippen LogP contribution in [0.4, 0.5) is 5.69 Å². The second-order valence-electron chi connectivity index (χ2n) is 6.51. The molecule has 1 atom stereocenters. The standard InChI is InChI=1S/C21H28N2O4S/c1-4-9-17(3)22-21(24)16-23(18-12-14-19(15-13-18)27-5-2)28(25,26)20-10-7-6-8-11-20/h6-8,10-15,17H,4-5,9,16H2,1-3H3,(H,22,24)/t17-/m0/s1. The van der Waals surface area contributed by atoms with E-state index in [1.165, 1.54) is 12.1 Å². The second kappa shape index (κ2) is 10.1. The molecular weight excluding hydrogens is 376 g/mol. The highest BCUT2D eigenvalue weighted by Crippen LogP contribution is 2.25. The molecule has 0 radical (unpaired) electrons. The molecule has 7 heteroatoms. The molecule has 0 aliphatic rings. The van der Waals surface area contributed by atoms with Gasteiger partial charge in [0.05, 0.1) is 17.2 Å². The Morgan fingerprint density at radius 2 is 1.71 bits per heavy atom. The van der Waals surface area contributed by atoms with Crippen molar-refractivity contribution < 1.29 is 17.9 Å². The summed E-state index contributed by atoms with van der Waals surface area (Å²) in [6, 6.07) is 14.8. The Labute approximate surface area is 167 Å². The molecule has 0 unspecified atom stereocenters. The Hall–Kier alpha value is -2.54. The molecule has 28 heavy (non-hydrogen) atoms. The van der Waals surface area contributed by atoms with Crippen LogP contribution in [0.15, 0.2) is 59.5 Å². The van der Waals surface area contributed by atoms with Crippen molar-refractivity contribution in [2.45, 2.75) is 44.6 Å². The summed E-state index contributed by atoms with van der Waals surface area (Å²) in [7, 11) is -3.89. The van der Waals surface area contributed by atoms with Crippen LogP contribution in [-0.4, -0.2) is 33.5 Å². The van der Waals surface area contributed by atoms with Gasteiger partial charge in [0.15, 0.2) is 0 Å². The third-order valence-electron chi connectivity index (χ3n) is 4.18. The van der Waals surface area contributed by atoms with Crippen molar-refractivity contribution in [1.82, 2.24) is 5.32 Å². The minimum Gasteiger partial charge on any atom is -0.494 e. The summed E-state index contributed by atoms with van der Waals surface area (Å²) in [5.41, 5.74) is 0.408. The summed E-state index contributed by atoms with van der Waals surface area (Å²) in [4.78, 5) is 12.7. The number of rotatable bonds is 10. The van der Waals surface area contributed by atoms with Gasteiger partial charge in [-0.15, -0.1) is 0 Å². The SMILES string of the molecule is CCC[C@H](C)NC(=O)CN(c1ccc(OCC)cc1)S(=O)(=O)c1ccccc1. The van der Waals surface area contributed by atoms with Gasteiger partial charge in [0.25, 0.3) is 10.0 Å². The van der Waals surface area contributed by atoms with Gasteiger partial charge in [-0.1, -0.05) is 31.5 Å². The van der Waals surface area contributed by atoms with Crippen LogP contribution in [0, 0.1) is 0 Å². The predicted octanol–water partition coefficient (Wildman–Crippen LogP) is 3.59. The van der Waals surface area contributed by atoms with E-state index in [0.29, 0.717) is 18.0 Å². The number of carbonyl (C=O) groups is 1. The van der Waals surface area contributed by atoms with Gasteiger partial charge in [0.2, 0.25) is 5.91 Å². The summed E-state index contributed by atoms with van der Waals surface area (Å²) < 4.78 is 33.0. The van der Waals surface area contributed by atoms with Crippen molar-refractivity contribution >= 4 is 21.6 Å². The van der Waals surface area contributed by atoms with E-state index in [-0.39, 0.29) is 23.4 Å². The zero-order chi connectivity index (χ0) is 20.6. The maximum Gasteiger partial charge on any atom is 0.264 e. The van der Waals surface area contributed by atoms with Gasteiger partial charge in [-0.2, -0.15) is 0 Å². The average molecular weight is 405 g/mol. The molecular formula is C21H28N2O4S. The normalized spacial score (nSPS) is 12.2. The van der Waals surface area contributed by atoms with Crippen molar-refractivity contribution in [2.75, 3.05) is 17.5 Å². The van der Waals surface area contributed by atoms with Crippen molar-refractivity contribution in [3.05, 3.63) is 54.6 Å². The number of benzene rings is 2. The van der Waals surface area contributed by atoms with Gasteiger partial charge in [0.1, 0.15) is 12.3 Å². The third-order valence-corrected chi connectivity index (χ3v) is 5.97. The molecule has 0 aliphatic carbocycles.